The fraction of sp³-hybridized carbons (Fsp3) is 0.636. The van der Waals surface area contributed by atoms with E-state index in [0.29, 0.717) is 6.04 Å². The van der Waals surface area contributed by atoms with Gasteiger partial charge in [0.15, 0.2) is 0 Å². The number of amides is 2. The minimum Gasteiger partial charge on any atom is -0.349 e. The smallest absolute Gasteiger partial charge is 0.251 e. The molecule has 0 heterocycles. The summed E-state index contributed by atoms with van der Waals surface area (Å²) in [6.45, 7) is 3.97. The van der Waals surface area contributed by atoms with E-state index in [4.69, 9.17) is 5.73 Å². The van der Waals surface area contributed by atoms with Crippen LogP contribution in [0.15, 0.2) is 18.2 Å². The van der Waals surface area contributed by atoms with Gasteiger partial charge in [0.25, 0.3) is 5.91 Å². The third kappa shape index (κ3) is 4.52. The van der Waals surface area contributed by atoms with Gasteiger partial charge in [0.1, 0.15) is 0 Å². The van der Waals surface area contributed by atoms with E-state index in [1.165, 1.54) is 6.42 Å². The predicted molar refractivity (Wildman–Crippen MR) is 108 cm³/mol. The molecule has 2 aliphatic rings. The van der Waals surface area contributed by atoms with Crippen LogP contribution in [0.25, 0.3) is 0 Å². The van der Waals surface area contributed by atoms with Crippen LogP contribution >= 0.6 is 0 Å². The molecule has 2 fully saturated rings. The molecule has 5 heteroatoms. The molecule has 3 N–H and O–H groups in total. The molecule has 148 valence electrons. The molecule has 0 spiro atoms. The van der Waals surface area contributed by atoms with Crippen molar-refractivity contribution in [3.8, 4) is 0 Å². The number of carbonyl (C=O) groups excluding carboxylic acids is 2. The number of aryl methyl sites for hydroxylation is 2. The Balaban J connectivity index is 1.50. The van der Waals surface area contributed by atoms with Gasteiger partial charge >= 0.3 is 0 Å². The number of nitrogens with one attached hydrogen (secondary N) is 1. The zero-order chi connectivity index (χ0) is 19.6. The van der Waals surface area contributed by atoms with Gasteiger partial charge in [-0.15, -0.1) is 0 Å². The Morgan fingerprint density at radius 3 is 2.37 bits per heavy atom. The van der Waals surface area contributed by atoms with E-state index in [2.05, 4.69) is 5.32 Å². The van der Waals surface area contributed by atoms with E-state index < -0.39 is 6.04 Å². The summed E-state index contributed by atoms with van der Waals surface area (Å²) in [5.74, 6) is 0.307. The molecule has 3 rings (SSSR count). The Labute approximate surface area is 162 Å². The summed E-state index contributed by atoms with van der Waals surface area (Å²) in [5.41, 5.74) is 9.15. The second-order valence-corrected chi connectivity index (χ2v) is 8.46. The molecular formula is C22H33N3O2. The standard InChI is InChI=1S/C22H33N3O2/c1-14-7-8-15(2)19(13-14)21(26)24-17-11-9-16(10-12-17)20(23)22(27)25(3)18-5-4-6-18/h7-8,13,16-18,20H,4-6,9-12,23H2,1-3H3,(H,24,26)/t16?,17?,20-/m0/s1. The number of nitrogens with two attached hydrogens (primary N) is 1. The van der Waals surface area contributed by atoms with Crippen molar-refractivity contribution in [3.05, 3.63) is 34.9 Å². The second kappa shape index (κ2) is 8.42. The number of likely N-dealkylation sites (N-methyl/N-ethyl adjacent to an activating group) is 1. The maximum atomic E-state index is 12.6. The molecule has 27 heavy (non-hydrogen) atoms. The Morgan fingerprint density at radius 2 is 1.78 bits per heavy atom. The summed E-state index contributed by atoms with van der Waals surface area (Å²) < 4.78 is 0. The first-order valence-electron chi connectivity index (χ1n) is 10.3. The summed E-state index contributed by atoms with van der Waals surface area (Å²) in [5, 5.41) is 3.18. The number of hydrogen-bond acceptors (Lipinski definition) is 3. The van der Waals surface area contributed by atoms with E-state index in [1.807, 2.05) is 44.0 Å². The van der Waals surface area contributed by atoms with Crippen molar-refractivity contribution in [3.63, 3.8) is 0 Å². The quantitative estimate of drug-likeness (QED) is 0.836. The highest BCUT2D eigenvalue weighted by Crippen LogP contribution is 2.29. The summed E-state index contributed by atoms with van der Waals surface area (Å²) in [4.78, 5) is 27.1. The summed E-state index contributed by atoms with van der Waals surface area (Å²) in [7, 11) is 1.89. The molecule has 1 aromatic rings. The Bertz CT molecular complexity index is 691. The maximum Gasteiger partial charge on any atom is 0.251 e. The van der Waals surface area contributed by atoms with Crippen molar-refractivity contribution in [1.29, 1.82) is 0 Å². The molecule has 0 unspecified atom stereocenters. The van der Waals surface area contributed by atoms with Gasteiger partial charge in [0, 0.05) is 24.7 Å². The number of carbonyl (C=O) groups is 2. The van der Waals surface area contributed by atoms with Crippen molar-refractivity contribution < 1.29 is 9.59 Å². The van der Waals surface area contributed by atoms with Gasteiger partial charge in [0.2, 0.25) is 5.91 Å². The Kier molecular flexibility index (Phi) is 6.20. The molecule has 2 aliphatic carbocycles. The normalized spacial score (nSPS) is 24.0. The zero-order valence-electron chi connectivity index (χ0n) is 16.8. The van der Waals surface area contributed by atoms with Crippen LogP contribution < -0.4 is 11.1 Å². The number of benzene rings is 1. The average Bonchev–Trinajstić information content (AvgIpc) is 2.61. The van der Waals surface area contributed by atoms with Gasteiger partial charge in [0.05, 0.1) is 6.04 Å². The third-order valence-electron chi connectivity index (χ3n) is 6.51. The van der Waals surface area contributed by atoms with Gasteiger partial charge < -0.3 is 16.0 Å². The van der Waals surface area contributed by atoms with Crippen LogP contribution in [0, 0.1) is 19.8 Å². The molecule has 2 saturated carbocycles. The Morgan fingerprint density at radius 1 is 1.11 bits per heavy atom. The lowest BCUT2D eigenvalue weighted by molar-refractivity contribution is -0.136. The highest BCUT2D eigenvalue weighted by Gasteiger charge is 2.34. The van der Waals surface area contributed by atoms with E-state index in [1.54, 1.807) is 0 Å². The number of hydrogen-bond donors (Lipinski definition) is 2. The first-order valence-corrected chi connectivity index (χ1v) is 10.3. The van der Waals surface area contributed by atoms with Crippen molar-refractivity contribution >= 4 is 11.8 Å². The van der Waals surface area contributed by atoms with E-state index in [-0.39, 0.29) is 23.8 Å². The third-order valence-corrected chi connectivity index (χ3v) is 6.51. The first kappa shape index (κ1) is 19.9. The molecule has 1 aromatic carbocycles. The van der Waals surface area contributed by atoms with Gasteiger partial charge in [-0.05, 0) is 76.3 Å². The first-order chi connectivity index (χ1) is 12.9. The molecule has 5 nitrogen and oxygen atoms in total. The predicted octanol–water partition coefficient (Wildman–Crippen LogP) is 2.93. The van der Waals surface area contributed by atoms with Gasteiger partial charge in [-0.25, -0.2) is 0 Å². The summed E-state index contributed by atoms with van der Waals surface area (Å²) in [6.07, 6.45) is 6.97. The second-order valence-electron chi connectivity index (χ2n) is 8.46. The van der Waals surface area contributed by atoms with Crippen molar-refractivity contribution in [2.75, 3.05) is 7.05 Å². The maximum absolute atomic E-state index is 12.6. The highest BCUT2D eigenvalue weighted by atomic mass is 16.2. The largest absolute Gasteiger partial charge is 0.349 e. The van der Waals surface area contributed by atoms with Crippen molar-refractivity contribution in [1.82, 2.24) is 10.2 Å². The van der Waals surface area contributed by atoms with E-state index in [0.717, 1.165) is 55.2 Å². The molecule has 0 radical (unpaired) electrons. The van der Waals surface area contributed by atoms with Crippen LogP contribution in [0.3, 0.4) is 0 Å². The summed E-state index contributed by atoms with van der Waals surface area (Å²) in [6, 6.07) is 6.10. The molecule has 0 bridgehead atoms. The fourth-order valence-electron chi connectivity index (χ4n) is 4.26. The average molecular weight is 372 g/mol. The lowest BCUT2D eigenvalue weighted by Crippen LogP contribution is -2.52. The van der Waals surface area contributed by atoms with Crippen LogP contribution in [0.4, 0.5) is 0 Å². The van der Waals surface area contributed by atoms with Gasteiger partial charge in [-0.2, -0.15) is 0 Å². The number of nitrogens with zero attached hydrogens (tertiary/aromatic N) is 1. The summed E-state index contributed by atoms with van der Waals surface area (Å²) >= 11 is 0. The SMILES string of the molecule is Cc1ccc(C)c(C(=O)NC2CCC([C@H](N)C(=O)N(C)C3CCC3)CC2)c1. The zero-order valence-corrected chi connectivity index (χ0v) is 16.8. The van der Waals surface area contributed by atoms with Crippen LogP contribution in [0.2, 0.25) is 0 Å². The van der Waals surface area contributed by atoms with E-state index in [9.17, 15) is 9.59 Å². The fourth-order valence-corrected chi connectivity index (χ4v) is 4.26. The molecular weight excluding hydrogens is 338 g/mol. The van der Waals surface area contributed by atoms with Gasteiger partial charge in [-0.3, -0.25) is 9.59 Å². The molecule has 0 saturated heterocycles. The van der Waals surface area contributed by atoms with Crippen LogP contribution in [-0.2, 0) is 4.79 Å². The molecule has 2 amide bonds. The minimum absolute atomic E-state index is 0.00439. The molecule has 0 aromatic heterocycles. The molecule has 0 aliphatic heterocycles. The topological polar surface area (TPSA) is 75.4 Å². The van der Waals surface area contributed by atoms with Crippen molar-refractivity contribution in [2.24, 2.45) is 11.7 Å². The van der Waals surface area contributed by atoms with E-state index >= 15 is 0 Å². The monoisotopic (exact) mass is 371 g/mol. The number of rotatable bonds is 5. The lowest BCUT2D eigenvalue weighted by atomic mass is 9.80. The van der Waals surface area contributed by atoms with Crippen molar-refractivity contribution in [2.45, 2.75) is 76.9 Å². The Hall–Kier alpha value is -1.88. The van der Waals surface area contributed by atoms with Crippen LogP contribution in [0.5, 0.6) is 0 Å². The van der Waals surface area contributed by atoms with Crippen LogP contribution in [0.1, 0.15) is 66.4 Å². The van der Waals surface area contributed by atoms with Crippen LogP contribution in [-0.4, -0.2) is 41.9 Å². The minimum atomic E-state index is -0.411. The molecule has 1 atom stereocenters. The van der Waals surface area contributed by atoms with Gasteiger partial charge in [-0.1, -0.05) is 17.7 Å². The lowest BCUT2D eigenvalue weighted by Gasteiger charge is -2.39. The highest BCUT2D eigenvalue weighted by molar-refractivity contribution is 5.96.